The number of piperazine rings is 1. The molecule has 24 heavy (non-hydrogen) atoms. The second-order valence-corrected chi connectivity index (χ2v) is 6.34. The highest BCUT2D eigenvalue weighted by atomic mass is 19.1. The number of carbonyl (C=O) groups excluding carboxylic acids is 1. The average Bonchev–Trinajstić information content (AvgIpc) is 3.11. The molecule has 0 aliphatic carbocycles. The number of nitrogens with zero attached hydrogens (tertiary/aromatic N) is 3. The Morgan fingerprint density at radius 3 is 2.58 bits per heavy atom. The molecule has 128 valence electrons. The Hall–Kier alpha value is -1.97. The predicted molar refractivity (Wildman–Crippen MR) is 86.5 cm³/mol. The number of ether oxygens (including phenoxy) is 1. The Morgan fingerprint density at radius 1 is 1.29 bits per heavy atom. The predicted octanol–water partition coefficient (Wildman–Crippen LogP) is 2.10. The number of benzene rings is 1. The maximum atomic E-state index is 13.1. The summed E-state index contributed by atoms with van der Waals surface area (Å²) in [6.07, 6.45) is 2.53. The number of hydrogen-bond donors (Lipinski definition) is 0. The van der Waals surface area contributed by atoms with Gasteiger partial charge in [0, 0.05) is 32.8 Å². The van der Waals surface area contributed by atoms with Crippen LogP contribution in [0.1, 0.15) is 30.9 Å². The standard InChI is InChI=1S/C18H22FN3O2/c19-15-5-3-14(4-6-15)17(13-20)21-7-9-22(10-8-21)18(23)12-16-2-1-11-24-16/h3-6,16-17H,1-2,7-12H2/t16-,17-/m0/s1. The molecule has 1 aromatic rings. The van der Waals surface area contributed by atoms with E-state index in [4.69, 9.17) is 4.74 Å². The van der Waals surface area contributed by atoms with E-state index in [1.54, 1.807) is 12.1 Å². The van der Waals surface area contributed by atoms with Crippen molar-refractivity contribution in [1.82, 2.24) is 9.80 Å². The Morgan fingerprint density at radius 2 is 2.00 bits per heavy atom. The molecule has 0 saturated carbocycles. The van der Waals surface area contributed by atoms with Gasteiger partial charge in [0.15, 0.2) is 0 Å². The zero-order valence-electron chi connectivity index (χ0n) is 13.7. The summed E-state index contributed by atoms with van der Waals surface area (Å²) in [5.74, 6) is -0.170. The normalized spacial score (nSPS) is 23.0. The van der Waals surface area contributed by atoms with Crippen molar-refractivity contribution in [3.8, 4) is 6.07 Å². The SMILES string of the molecule is N#C[C@@H](c1ccc(F)cc1)N1CCN(C(=O)C[C@@H]2CCCO2)CC1. The van der Waals surface area contributed by atoms with Crippen LogP contribution in [-0.4, -0.2) is 54.6 Å². The molecule has 0 N–H and O–H groups in total. The molecule has 2 fully saturated rings. The van der Waals surface area contributed by atoms with Gasteiger partial charge in [0.25, 0.3) is 0 Å². The third kappa shape index (κ3) is 3.92. The summed E-state index contributed by atoms with van der Waals surface area (Å²) < 4.78 is 18.6. The molecule has 0 spiro atoms. The van der Waals surface area contributed by atoms with Gasteiger partial charge in [0.05, 0.1) is 18.6 Å². The summed E-state index contributed by atoms with van der Waals surface area (Å²) in [5.41, 5.74) is 0.790. The summed E-state index contributed by atoms with van der Waals surface area (Å²) in [6.45, 7) is 3.28. The number of hydrogen-bond acceptors (Lipinski definition) is 4. The lowest BCUT2D eigenvalue weighted by atomic mass is 10.1. The number of rotatable bonds is 4. The van der Waals surface area contributed by atoms with Crippen LogP contribution in [0, 0.1) is 17.1 Å². The van der Waals surface area contributed by atoms with Crippen LogP contribution in [0.4, 0.5) is 4.39 Å². The van der Waals surface area contributed by atoms with Crippen LogP contribution in [0.2, 0.25) is 0 Å². The van der Waals surface area contributed by atoms with Gasteiger partial charge in [0.2, 0.25) is 5.91 Å². The zero-order chi connectivity index (χ0) is 16.9. The van der Waals surface area contributed by atoms with E-state index in [2.05, 4.69) is 6.07 Å². The molecule has 0 bridgehead atoms. The molecule has 3 rings (SSSR count). The van der Waals surface area contributed by atoms with Gasteiger partial charge in [-0.3, -0.25) is 9.69 Å². The fourth-order valence-corrected chi connectivity index (χ4v) is 3.37. The van der Waals surface area contributed by atoms with Crippen LogP contribution < -0.4 is 0 Å². The topological polar surface area (TPSA) is 56.6 Å². The first-order valence-corrected chi connectivity index (χ1v) is 8.46. The van der Waals surface area contributed by atoms with Crippen molar-refractivity contribution in [3.63, 3.8) is 0 Å². The minimum Gasteiger partial charge on any atom is -0.378 e. The highest BCUT2D eigenvalue weighted by Gasteiger charge is 2.28. The Labute approximate surface area is 141 Å². The molecule has 2 heterocycles. The number of amides is 1. The minimum atomic E-state index is -0.402. The molecule has 0 radical (unpaired) electrons. The van der Waals surface area contributed by atoms with Crippen LogP contribution in [-0.2, 0) is 9.53 Å². The number of halogens is 1. The molecular weight excluding hydrogens is 309 g/mol. The van der Waals surface area contributed by atoms with E-state index in [0.29, 0.717) is 32.6 Å². The first-order valence-electron chi connectivity index (χ1n) is 8.46. The minimum absolute atomic E-state index is 0.0709. The van der Waals surface area contributed by atoms with Gasteiger partial charge < -0.3 is 9.64 Å². The van der Waals surface area contributed by atoms with Gasteiger partial charge in [-0.05, 0) is 30.5 Å². The fourth-order valence-electron chi connectivity index (χ4n) is 3.37. The molecule has 6 heteroatoms. The Balaban J connectivity index is 1.54. The van der Waals surface area contributed by atoms with E-state index in [1.807, 2.05) is 9.80 Å². The molecule has 2 aliphatic heterocycles. The second kappa shape index (κ2) is 7.73. The molecule has 0 unspecified atom stereocenters. The third-order valence-corrected chi connectivity index (χ3v) is 4.77. The van der Waals surface area contributed by atoms with Crippen LogP contribution in [0.5, 0.6) is 0 Å². The van der Waals surface area contributed by atoms with Crippen molar-refractivity contribution < 1.29 is 13.9 Å². The van der Waals surface area contributed by atoms with Gasteiger partial charge in [-0.1, -0.05) is 12.1 Å². The first-order chi connectivity index (χ1) is 11.7. The van der Waals surface area contributed by atoms with E-state index in [0.717, 1.165) is 25.0 Å². The fraction of sp³-hybridized carbons (Fsp3) is 0.556. The molecule has 5 nitrogen and oxygen atoms in total. The smallest absolute Gasteiger partial charge is 0.225 e. The van der Waals surface area contributed by atoms with E-state index in [-0.39, 0.29) is 17.8 Å². The highest BCUT2D eigenvalue weighted by molar-refractivity contribution is 5.76. The van der Waals surface area contributed by atoms with E-state index < -0.39 is 6.04 Å². The van der Waals surface area contributed by atoms with Crippen LogP contribution in [0.15, 0.2) is 24.3 Å². The van der Waals surface area contributed by atoms with Crippen molar-refractivity contribution in [2.24, 2.45) is 0 Å². The summed E-state index contributed by atoms with van der Waals surface area (Å²) in [5, 5.41) is 9.48. The van der Waals surface area contributed by atoms with Crippen molar-refractivity contribution >= 4 is 5.91 Å². The Bertz CT molecular complexity index is 600. The summed E-state index contributed by atoms with van der Waals surface area (Å²) in [4.78, 5) is 16.2. The van der Waals surface area contributed by atoms with Crippen molar-refractivity contribution in [2.45, 2.75) is 31.4 Å². The molecule has 2 atom stereocenters. The third-order valence-electron chi connectivity index (χ3n) is 4.77. The maximum absolute atomic E-state index is 13.1. The monoisotopic (exact) mass is 331 g/mol. The van der Waals surface area contributed by atoms with Gasteiger partial charge in [-0.2, -0.15) is 5.26 Å². The second-order valence-electron chi connectivity index (χ2n) is 6.34. The van der Waals surface area contributed by atoms with Gasteiger partial charge in [-0.25, -0.2) is 4.39 Å². The highest BCUT2D eigenvalue weighted by Crippen LogP contribution is 2.23. The lowest BCUT2D eigenvalue weighted by Crippen LogP contribution is -2.50. The number of carbonyl (C=O) groups is 1. The molecule has 2 aliphatic rings. The van der Waals surface area contributed by atoms with Crippen LogP contribution >= 0.6 is 0 Å². The van der Waals surface area contributed by atoms with E-state index >= 15 is 0 Å². The first kappa shape index (κ1) is 16.9. The maximum Gasteiger partial charge on any atom is 0.225 e. The molecule has 1 aromatic carbocycles. The molecular formula is C18H22FN3O2. The van der Waals surface area contributed by atoms with Crippen LogP contribution in [0.3, 0.4) is 0 Å². The van der Waals surface area contributed by atoms with Crippen molar-refractivity contribution in [3.05, 3.63) is 35.6 Å². The van der Waals surface area contributed by atoms with Gasteiger partial charge in [0.1, 0.15) is 11.9 Å². The van der Waals surface area contributed by atoms with Gasteiger partial charge >= 0.3 is 0 Å². The Kier molecular flexibility index (Phi) is 5.44. The molecule has 0 aromatic heterocycles. The van der Waals surface area contributed by atoms with Gasteiger partial charge in [-0.15, -0.1) is 0 Å². The van der Waals surface area contributed by atoms with E-state index in [9.17, 15) is 14.4 Å². The largest absolute Gasteiger partial charge is 0.378 e. The molecule has 1 amide bonds. The van der Waals surface area contributed by atoms with Crippen molar-refractivity contribution in [2.75, 3.05) is 32.8 Å². The lowest BCUT2D eigenvalue weighted by molar-refractivity contribution is -0.135. The van der Waals surface area contributed by atoms with E-state index in [1.165, 1.54) is 12.1 Å². The zero-order valence-corrected chi connectivity index (χ0v) is 13.7. The molecule has 2 saturated heterocycles. The summed E-state index contributed by atoms with van der Waals surface area (Å²) in [6, 6.07) is 7.94. The lowest BCUT2D eigenvalue weighted by Gasteiger charge is -2.37. The summed E-state index contributed by atoms with van der Waals surface area (Å²) >= 11 is 0. The summed E-state index contributed by atoms with van der Waals surface area (Å²) in [7, 11) is 0. The van der Waals surface area contributed by atoms with Crippen LogP contribution in [0.25, 0.3) is 0 Å². The number of nitriles is 1. The average molecular weight is 331 g/mol. The quantitative estimate of drug-likeness (QED) is 0.848. The van der Waals surface area contributed by atoms with Crippen molar-refractivity contribution in [1.29, 1.82) is 5.26 Å².